The number of fused-ring (bicyclic) bond motifs is 3. The highest BCUT2D eigenvalue weighted by molar-refractivity contribution is 8.14. The maximum absolute atomic E-state index is 12.3. The van der Waals surface area contributed by atoms with E-state index in [9.17, 15) is 18.0 Å². The molecule has 2 aliphatic heterocycles. The molecular weight excluding hydrogens is 405 g/mol. The minimum Gasteiger partial charge on any atom is -0.406 e. The van der Waals surface area contributed by atoms with Crippen LogP contribution in [0.2, 0.25) is 0 Å². The molecule has 0 saturated carbocycles. The number of amides is 1. The molecule has 0 saturated heterocycles. The first-order chi connectivity index (χ1) is 13.9. The number of alkyl halides is 3. The van der Waals surface area contributed by atoms with Crippen molar-refractivity contribution < 1.29 is 22.7 Å². The van der Waals surface area contributed by atoms with Gasteiger partial charge in [0.2, 0.25) is 5.91 Å². The summed E-state index contributed by atoms with van der Waals surface area (Å²) >= 11 is 1.25. The molecule has 6 nitrogen and oxygen atoms in total. The molecular formula is C19H15F3N4O2S. The van der Waals surface area contributed by atoms with Gasteiger partial charge in [0.05, 0.1) is 17.5 Å². The Morgan fingerprint density at radius 2 is 1.97 bits per heavy atom. The fraction of sp³-hybridized carbons (Fsp3) is 0.211. The number of carbonyl (C=O) groups is 1. The van der Waals surface area contributed by atoms with Crippen LogP contribution in [0.15, 0.2) is 58.6 Å². The van der Waals surface area contributed by atoms with Crippen molar-refractivity contribution in [1.29, 1.82) is 0 Å². The SMILES string of the molecule is O=C(CSC1=Nc2ccccc2C2CC=NN12)Nc1ccc(OC(F)(F)F)cc1. The Morgan fingerprint density at radius 1 is 1.21 bits per heavy atom. The van der Waals surface area contributed by atoms with Crippen LogP contribution in [-0.2, 0) is 4.79 Å². The topological polar surface area (TPSA) is 66.3 Å². The number of thioether (sulfide) groups is 1. The molecule has 1 atom stereocenters. The number of rotatable bonds is 4. The first kappa shape index (κ1) is 19.3. The van der Waals surface area contributed by atoms with Gasteiger partial charge in [0, 0.05) is 23.9 Å². The van der Waals surface area contributed by atoms with Crippen molar-refractivity contribution in [3.05, 3.63) is 54.1 Å². The van der Waals surface area contributed by atoms with E-state index in [2.05, 4.69) is 20.1 Å². The first-order valence-corrected chi connectivity index (χ1v) is 9.65. The zero-order valence-corrected chi connectivity index (χ0v) is 15.7. The van der Waals surface area contributed by atoms with Crippen molar-refractivity contribution in [1.82, 2.24) is 5.01 Å². The first-order valence-electron chi connectivity index (χ1n) is 8.67. The monoisotopic (exact) mass is 420 g/mol. The smallest absolute Gasteiger partial charge is 0.406 e. The highest BCUT2D eigenvalue weighted by Gasteiger charge is 2.33. The van der Waals surface area contributed by atoms with Crippen LogP contribution >= 0.6 is 11.8 Å². The van der Waals surface area contributed by atoms with Crippen molar-refractivity contribution in [2.75, 3.05) is 11.1 Å². The molecule has 2 aromatic rings. The number of benzene rings is 2. The van der Waals surface area contributed by atoms with Gasteiger partial charge in [-0.2, -0.15) is 5.10 Å². The normalized spacial score (nSPS) is 17.4. The molecule has 0 aliphatic carbocycles. The minimum absolute atomic E-state index is 0.0791. The van der Waals surface area contributed by atoms with E-state index in [0.717, 1.165) is 29.8 Å². The second-order valence-electron chi connectivity index (χ2n) is 6.26. The molecule has 150 valence electrons. The van der Waals surface area contributed by atoms with Gasteiger partial charge in [0.15, 0.2) is 5.17 Å². The van der Waals surface area contributed by atoms with Crippen LogP contribution in [0.5, 0.6) is 5.75 Å². The summed E-state index contributed by atoms with van der Waals surface area (Å²) in [6, 6.07) is 12.9. The number of aliphatic imine (C=N–C) groups is 1. The number of hydrogen-bond donors (Lipinski definition) is 1. The van der Waals surface area contributed by atoms with E-state index in [1.165, 1.54) is 23.9 Å². The van der Waals surface area contributed by atoms with E-state index >= 15 is 0 Å². The number of anilines is 1. The Bertz CT molecular complexity index is 976. The number of amidine groups is 1. The van der Waals surface area contributed by atoms with Crippen LogP contribution < -0.4 is 10.1 Å². The molecule has 0 aromatic heterocycles. The van der Waals surface area contributed by atoms with Crippen molar-refractivity contribution in [2.24, 2.45) is 10.1 Å². The number of nitrogens with zero attached hydrogens (tertiary/aromatic N) is 3. The van der Waals surface area contributed by atoms with Crippen molar-refractivity contribution in [3.63, 3.8) is 0 Å². The van der Waals surface area contributed by atoms with Crippen LogP contribution in [0.3, 0.4) is 0 Å². The van der Waals surface area contributed by atoms with Crippen LogP contribution in [0.25, 0.3) is 0 Å². The van der Waals surface area contributed by atoms with Gasteiger partial charge in [-0.1, -0.05) is 30.0 Å². The molecule has 10 heteroatoms. The lowest BCUT2D eigenvalue weighted by Gasteiger charge is -2.29. The van der Waals surface area contributed by atoms with Crippen molar-refractivity contribution in [3.8, 4) is 5.75 Å². The van der Waals surface area contributed by atoms with Gasteiger partial charge in [-0.05, 0) is 30.3 Å². The third-order valence-corrected chi connectivity index (χ3v) is 5.18. The molecule has 4 rings (SSSR count). The maximum atomic E-state index is 12.3. The van der Waals surface area contributed by atoms with Crippen LogP contribution in [0.4, 0.5) is 24.5 Å². The second kappa shape index (κ2) is 7.78. The lowest BCUT2D eigenvalue weighted by molar-refractivity contribution is -0.274. The average Bonchev–Trinajstić information content (AvgIpc) is 3.17. The molecule has 0 fully saturated rings. The lowest BCUT2D eigenvalue weighted by atomic mass is 10.0. The molecule has 2 aromatic carbocycles. The number of para-hydroxylation sites is 1. The largest absolute Gasteiger partial charge is 0.573 e. The Labute approximate surface area is 168 Å². The molecule has 2 aliphatic rings. The fourth-order valence-electron chi connectivity index (χ4n) is 3.05. The third-order valence-electron chi connectivity index (χ3n) is 4.24. The predicted molar refractivity (Wildman–Crippen MR) is 105 cm³/mol. The number of hydrogen-bond acceptors (Lipinski definition) is 6. The zero-order chi connectivity index (χ0) is 20.4. The lowest BCUT2D eigenvalue weighted by Crippen LogP contribution is -2.29. The Morgan fingerprint density at radius 3 is 2.72 bits per heavy atom. The number of hydrazone groups is 1. The molecule has 0 radical (unpaired) electrons. The van der Waals surface area contributed by atoms with Crippen LogP contribution in [-0.4, -0.2) is 34.4 Å². The molecule has 1 amide bonds. The predicted octanol–water partition coefficient (Wildman–Crippen LogP) is 4.69. The summed E-state index contributed by atoms with van der Waals surface area (Å²) in [7, 11) is 0. The molecule has 1 unspecified atom stereocenters. The highest BCUT2D eigenvalue weighted by Crippen LogP contribution is 2.40. The highest BCUT2D eigenvalue weighted by atomic mass is 32.2. The number of carbonyl (C=O) groups excluding carboxylic acids is 1. The molecule has 0 spiro atoms. The van der Waals surface area contributed by atoms with Gasteiger partial charge in [-0.3, -0.25) is 4.79 Å². The molecule has 0 bridgehead atoms. The summed E-state index contributed by atoms with van der Waals surface area (Å²) in [6.07, 6.45) is -2.15. The summed E-state index contributed by atoms with van der Waals surface area (Å²) in [5, 5.41) is 9.44. The van der Waals surface area contributed by atoms with Gasteiger partial charge in [-0.15, -0.1) is 13.2 Å². The number of nitrogens with one attached hydrogen (secondary N) is 1. The average molecular weight is 420 g/mol. The van der Waals surface area contributed by atoms with E-state index in [1.807, 2.05) is 35.5 Å². The number of halogens is 3. The maximum Gasteiger partial charge on any atom is 0.573 e. The number of ether oxygens (including phenoxy) is 1. The van der Waals surface area contributed by atoms with Crippen molar-refractivity contribution in [2.45, 2.75) is 18.8 Å². The Balaban J connectivity index is 1.37. The van der Waals surface area contributed by atoms with Gasteiger partial charge in [-0.25, -0.2) is 10.0 Å². The summed E-state index contributed by atoms with van der Waals surface area (Å²) in [5.41, 5.74) is 2.33. The van der Waals surface area contributed by atoms with Crippen molar-refractivity contribution >= 4 is 40.4 Å². The molecule has 1 N–H and O–H groups in total. The minimum atomic E-state index is -4.75. The fourth-order valence-corrected chi connectivity index (χ4v) is 3.85. The van der Waals surface area contributed by atoms with Crippen LogP contribution in [0, 0.1) is 0 Å². The summed E-state index contributed by atoms with van der Waals surface area (Å²) in [6.45, 7) is 0. The second-order valence-corrected chi connectivity index (χ2v) is 7.20. The Kier molecular flexibility index (Phi) is 5.18. The molecule has 2 heterocycles. The van der Waals surface area contributed by atoms with Gasteiger partial charge in [0.25, 0.3) is 0 Å². The summed E-state index contributed by atoms with van der Waals surface area (Å²) in [5.74, 6) is -0.570. The van der Waals surface area contributed by atoms with Gasteiger partial charge in [0.1, 0.15) is 5.75 Å². The van der Waals surface area contributed by atoms with E-state index < -0.39 is 6.36 Å². The zero-order valence-electron chi connectivity index (χ0n) is 14.9. The third kappa shape index (κ3) is 4.53. The summed E-state index contributed by atoms with van der Waals surface area (Å²) in [4.78, 5) is 16.9. The van der Waals surface area contributed by atoms with Crippen LogP contribution in [0.1, 0.15) is 18.0 Å². The van der Waals surface area contributed by atoms with Gasteiger partial charge >= 0.3 is 6.36 Å². The standard InChI is InChI=1S/C19H15F3N4O2S/c20-19(21,22)28-13-7-5-12(6-8-13)24-17(27)11-29-18-25-15-4-2-1-3-14(15)16-9-10-23-26(16)18/h1-8,10,16H,9,11H2,(H,24,27). The summed E-state index contributed by atoms with van der Waals surface area (Å²) < 4.78 is 40.4. The van der Waals surface area contributed by atoms with E-state index in [1.54, 1.807) is 0 Å². The van der Waals surface area contributed by atoms with E-state index in [4.69, 9.17) is 0 Å². The van der Waals surface area contributed by atoms with E-state index in [0.29, 0.717) is 10.9 Å². The van der Waals surface area contributed by atoms with E-state index in [-0.39, 0.29) is 23.5 Å². The quantitative estimate of drug-likeness (QED) is 0.779. The van der Waals surface area contributed by atoms with Gasteiger partial charge < -0.3 is 10.1 Å². The molecule has 29 heavy (non-hydrogen) atoms. The Hall–Kier alpha value is -3.01.